The van der Waals surface area contributed by atoms with Crippen molar-refractivity contribution in [3.63, 3.8) is 0 Å². The van der Waals surface area contributed by atoms with E-state index in [2.05, 4.69) is 10.2 Å². The highest BCUT2D eigenvalue weighted by atomic mass is 16.5. The van der Waals surface area contributed by atoms with E-state index in [0.717, 1.165) is 24.5 Å². The van der Waals surface area contributed by atoms with Crippen LogP contribution in [0.3, 0.4) is 0 Å². The zero-order chi connectivity index (χ0) is 17.6. The maximum absolute atomic E-state index is 12.4. The number of nitrogens with zero attached hydrogens (tertiary/aromatic N) is 1. The number of carbonyl (C=O) groups is 1. The molecule has 3 N–H and O–H groups in total. The Labute approximate surface area is 147 Å². The lowest BCUT2D eigenvalue weighted by atomic mass is 10.1. The minimum absolute atomic E-state index is 0.179. The summed E-state index contributed by atoms with van der Waals surface area (Å²) in [5, 5.41) is 2.88. The monoisotopic (exact) mass is 341 g/mol. The average Bonchev–Trinajstić information content (AvgIpc) is 2.63. The van der Waals surface area contributed by atoms with Gasteiger partial charge in [0, 0.05) is 24.3 Å². The molecule has 132 valence electrons. The fourth-order valence-corrected chi connectivity index (χ4v) is 2.80. The Morgan fingerprint density at radius 1 is 1.20 bits per heavy atom. The van der Waals surface area contributed by atoms with Crippen LogP contribution in [0.15, 0.2) is 42.5 Å². The van der Waals surface area contributed by atoms with Crippen LogP contribution in [-0.2, 0) is 4.74 Å². The molecule has 3 rings (SSSR count). The van der Waals surface area contributed by atoms with Gasteiger partial charge in [-0.25, -0.2) is 0 Å². The number of benzene rings is 2. The van der Waals surface area contributed by atoms with Gasteiger partial charge in [0.1, 0.15) is 5.75 Å². The van der Waals surface area contributed by atoms with Crippen LogP contribution in [0.4, 0.5) is 17.1 Å². The van der Waals surface area contributed by atoms with Crippen molar-refractivity contribution in [1.82, 2.24) is 0 Å². The Morgan fingerprint density at radius 2 is 1.92 bits per heavy atom. The molecular weight excluding hydrogens is 318 g/mol. The van der Waals surface area contributed by atoms with Crippen LogP contribution in [-0.4, -0.2) is 38.8 Å². The zero-order valence-electron chi connectivity index (χ0n) is 14.3. The van der Waals surface area contributed by atoms with Crippen LogP contribution in [0.25, 0.3) is 0 Å². The minimum Gasteiger partial charge on any atom is -0.494 e. The molecule has 2 aromatic carbocycles. The summed E-state index contributed by atoms with van der Waals surface area (Å²) >= 11 is 0. The summed E-state index contributed by atoms with van der Waals surface area (Å²) in [6.07, 6.45) is 0. The molecule has 2 aromatic rings. The number of nitrogens with one attached hydrogen (secondary N) is 1. The lowest BCUT2D eigenvalue weighted by Crippen LogP contribution is -2.36. The molecule has 0 spiro atoms. The van der Waals surface area contributed by atoms with Crippen molar-refractivity contribution in [1.29, 1.82) is 0 Å². The molecule has 1 amide bonds. The van der Waals surface area contributed by atoms with Gasteiger partial charge in [-0.1, -0.05) is 0 Å². The average molecular weight is 341 g/mol. The zero-order valence-corrected chi connectivity index (χ0v) is 14.3. The van der Waals surface area contributed by atoms with E-state index in [1.165, 1.54) is 0 Å². The van der Waals surface area contributed by atoms with Crippen LogP contribution in [0.2, 0.25) is 0 Å². The first kappa shape index (κ1) is 17.1. The molecule has 1 saturated heterocycles. The number of morpholine rings is 1. The van der Waals surface area contributed by atoms with Gasteiger partial charge in [-0.3, -0.25) is 4.79 Å². The summed E-state index contributed by atoms with van der Waals surface area (Å²) in [6.45, 7) is 5.57. The number of carbonyl (C=O) groups excluding carboxylic acids is 1. The summed E-state index contributed by atoms with van der Waals surface area (Å²) in [7, 11) is 0. The second-order valence-electron chi connectivity index (χ2n) is 5.78. The normalized spacial score (nSPS) is 14.2. The first-order chi connectivity index (χ1) is 12.2. The highest BCUT2D eigenvalue weighted by Gasteiger charge is 2.14. The smallest absolute Gasteiger partial charge is 0.255 e. The quantitative estimate of drug-likeness (QED) is 0.818. The third-order valence-corrected chi connectivity index (χ3v) is 4.06. The van der Waals surface area contributed by atoms with Gasteiger partial charge in [0.05, 0.1) is 31.2 Å². The van der Waals surface area contributed by atoms with E-state index < -0.39 is 0 Å². The van der Waals surface area contributed by atoms with Gasteiger partial charge in [-0.05, 0) is 49.4 Å². The van der Waals surface area contributed by atoms with Gasteiger partial charge in [0.2, 0.25) is 0 Å². The Kier molecular flexibility index (Phi) is 5.40. The lowest BCUT2D eigenvalue weighted by Gasteiger charge is -2.30. The number of nitrogens with two attached hydrogens (primary N) is 1. The molecule has 6 heteroatoms. The van der Waals surface area contributed by atoms with Crippen molar-refractivity contribution in [3.05, 3.63) is 48.0 Å². The molecule has 1 aliphatic heterocycles. The molecule has 0 saturated carbocycles. The van der Waals surface area contributed by atoms with Crippen LogP contribution < -0.4 is 20.7 Å². The van der Waals surface area contributed by atoms with E-state index in [1.807, 2.05) is 19.1 Å². The minimum atomic E-state index is -0.179. The standard InChI is InChI=1S/C19H23N3O3/c1-2-25-16-6-3-14(4-7-16)19(23)21-15-5-8-18(17(20)13-15)22-9-11-24-12-10-22/h3-8,13H,2,9-12,20H2,1H3,(H,21,23). The van der Waals surface area contributed by atoms with Gasteiger partial charge in [0.15, 0.2) is 0 Å². The first-order valence-corrected chi connectivity index (χ1v) is 8.44. The summed E-state index contributed by atoms with van der Waals surface area (Å²) in [5.74, 6) is 0.569. The van der Waals surface area contributed by atoms with E-state index >= 15 is 0 Å². The molecule has 1 heterocycles. The van der Waals surface area contributed by atoms with Crippen molar-refractivity contribution in [3.8, 4) is 5.75 Å². The van der Waals surface area contributed by atoms with Gasteiger partial charge in [-0.2, -0.15) is 0 Å². The molecule has 0 aromatic heterocycles. The number of amides is 1. The summed E-state index contributed by atoms with van der Waals surface area (Å²) in [6, 6.07) is 12.7. The predicted molar refractivity (Wildman–Crippen MR) is 99.5 cm³/mol. The van der Waals surface area contributed by atoms with E-state index in [-0.39, 0.29) is 5.91 Å². The molecule has 0 aliphatic carbocycles. The molecular formula is C19H23N3O3. The molecule has 0 atom stereocenters. The van der Waals surface area contributed by atoms with Crippen LogP contribution in [0.1, 0.15) is 17.3 Å². The second kappa shape index (κ2) is 7.90. The van der Waals surface area contributed by atoms with Crippen molar-refractivity contribution >= 4 is 23.0 Å². The predicted octanol–water partition coefficient (Wildman–Crippen LogP) is 2.76. The number of hydrogen-bond acceptors (Lipinski definition) is 5. The maximum Gasteiger partial charge on any atom is 0.255 e. The topological polar surface area (TPSA) is 76.8 Å². The third-order valence-electron chi connectivity index (χ3n) is 4.06. The van der Waals surface area contributed by atoms with E-state index in [1.54, 1.807) is 30.3 Å². The summed E-state index contributed by atoms with van der Waals surface area (Å²) < 4.78 is 10.7. The Hall–Kier alpha value is -2.73. The highest BCUT2D eigenvalue weighted by Crippen LogP contribution is 2.27. The van der Waals surface area contributed by atoms with Crippen LogP contribution in [0.5, 0.6) is 5.75 Å². The third kappa shape index (κ3) is 4.22. The molecule has 0 unspecified atom stereocenters. The number of hydrogen-bond donors (Lipinski definition) is 2. The lowest BCUT2D eigenvalue weighted by molar-refractivity contribution is 0.102. The van der Waals surface area contributed by atoms with Crippen LogP contribution >= 0.6 is 0 Å². The SMILES string of the molecule is CCOc1ccc(C(=O)Nc2ccc(N3CCOCC3)c(N)c2)cc1. The number of nitrogen functional groups attached to an aromatic ring is 1. The second-order valence-corrected chi connectivity index (χ2v) is 5.78. The molecule has 0 bridgehead atoms. The molecule has 25 heavy (non-hydrogen) atoms. The highest BCUT2D eigenvalue weighted by molar-refractivity contribution is 6.04. The Bertz CT molecular complexity index is 725. The fraction of sp³-hybridized carbons (Fsp3) is 0.316. The van der Waals surface area contributed by atoms with Crippen molar-refractivity contribution in [2.75, 3.05) is 48.9 Å². The Balaban J connectivity index is 1.67. The molecule has 0 radical (unpaired) electrons. The van der Waals surface area contributed by atoms with E-state index in [4.69, 9.17) is 15.2 Å². The van der Waals surface area contributed by atoms with Crippen molar-refractivity contribution in [2.24, 2.45) is 0 Å². The van der Waals surface area contributed by atoms with E-state index in [0.29, 0.717) is 36.8 Å². The maximum atomic E-state index is 12.4. The van der Waals surface area contributed by atoms with Gasteiger partial charge in [-0.15, -0.1) is 0 Å². The number of ether oxygens (including phenoxy) is 2. The number of anilines is 3. The van der Waals surface area contributed by atoms with Crippen molar-refractivity contribution in [2.45, 2.75) is 6.92 Å². The summed E-state index contributed by atoms with van der Waals surface area (Å²) in [4.78, 5) is 14.6. The number of rotatable bonds is 5. The fourth-order valence-electron chi connectivity index (χ4n) is 2.80. The van der Waals surface area contributed by atoms with Gasteiger partial charge < -0.3 is 25.4 Å². The molecule has 1 aliphatic rings. The van der Waals surface area contributed by atoms with Gasteiger partial charge in [0.25, 0.3) is 5.91 Å². The Morgan fingerprint density at radius 3 is 2.56 bits per heavy atom. The molecule has 1 fully saturated rings. The largest absolute Gasteiger partial charge is 0.494 e. The molecule has 6 nitrogen and oxygen atoms in total. The van der Waals surface area contributed by atoms with Crippen LogP contribution in [0, 0.1) is 0 Å². The first-order valence-electron chi connectivity index (χ1n) is 8.44. The van der Waals surface area contributed by atoms with Crippen molar-refractivity contribution < 1.29 is 14.3 Å². The summed E-state index contributed by atoms with van der Waals surface area (Å²) in [5.41, 5.74) is 9.03. The van der Waals surface area contributed by atoms with E-state index in [9.17, 15) is 4.79 Å². The van der Waals surface area contributed by atoms with Gasteiger partial charge >= 0.3 is 0 Å².